The number of Topliss-reactive ketones (excluding diaryl/α,β-unsaturated/α-hetero) is 1. The number of hydrogen-bond acceptors (Lipinski definition) is 5. The van der Waals surface area contributed by atoms with Gasteiger partial charge in [-0.1, -0.05) is 18.2 Å². The van der Waals surface area contributed by atoms with Crippen molar-refractivity contribution in [2.24, 2.45) is 0 Å². The second-order valence-corrected chi connectivity index (χ2v) is 7.45. The van der Waals surface area contributed by atoms with E-state index >= 15 is 0 Å². The molecule has 148 valence electrons. The fourth-order valence-corrected chi connectivity index (χ4v) is 4.31. The lowest BCUT2D eigenvalue weighted by molar-refractivity contribution is -0.415. The van der Waals surface area contributed by atoms with Crippen LogP contribution in [0.3, 0.4) is 0 Å². The van der Waals surface area contributed by atoms with Gasteiger partial charge in [0.1, 0.15) is 17.2 Å². The summed E-state index contributed by atoms with van der Waals surface area (Å²) >= 11 is 0. The fourth-order valence-electron chi connectivity index (χ4n) is 4.31. The summed E-state index contributed by atoms with van der Waals surface area (Å²) in [5.74, 6) is -1.87. The van der Waals surface area contributed by atoms with Gasteiger partial charge in [0.25, 0.3) is 0 Å². The van der Waals surface area contributed by atoms with E-state index in [0.29, 0.717) is 21.9 Å². The number of carbonyl (C=O) groups excluding carboxylic acids is 2. The molecule has 3 aromatic carbocycles. The van der Waals surface area contributed by atoms with E-state index in [9.17, 15) is 30.0 Å². The van der Waals surface area contributed by atoms with Crippen molar-refractivity contribution >= 4 is 34.0 Å². The Morgan fingerprint density at radius 2 is 1.63 bits per heavy atom. The number of rotatable bonds is 1. The van der Waals surface area contributed by atoms with E-state index in [-0.39, 0.29) is 39.7 Å². The van der Waals surface area contributed by atoms with Crippen LogP contribution in [0, 0.1) is 0 Å². The third-order valence-corrected chi connectivity index (χ3v) is 5.72. The fraction of sp³-hybridized carbons (Fsp3) is 0.0833. The molecule has 2 aliphatic rings. The highest BCUT2D eigenvalue weighted by Gasteiger charge is 2.45. The number of fused-ring (bicyclic) bond motifs is 2. The molecule has 0 spiro atoms. The van der Waals surface area contributed by atoms with E-state index in [0.717, 1.165) is 0 Å². The molecule has 4 N–H and O–H groups in total. The van der Waals surface area contributed by atoms with E-state index in [2.05, 4.69) is 0 Å². The van der Waals surface area contributed by atoms with Crippen LogP contribution in [0.5, 0.6) is 17.2 Å². The topological polar surface area (TPSA) is 122 Å². The van der Waals surface area contributed by atoms with Crippen LogP contribution >= 0.6 is 0 Å². The summed E-state index contributed by atoms with van der Waals surface area (Å²) in [7, 11) is 0. The van der Waals surface area contributed by atoms with Gasteiger partial charge in [0.2, 0.25) is 0 Å². The lowest BCUT2D eigenvalue weighted by Crippen LogP contribution is -2.52. The third kappa shape index (κ3) is 2.47. The number of phenolic OH excluding ortho intramolecular Hbond substituents is 3. The Morgan fingerprint density at radius 1 is 0.900 bits per heavy atom. The monoisotopic (exact) mass is 400 g/mol. The first-order valence-corrected chi connectivity index (χ1v) is 9.33. The molecule has 0 amide bonds. The predicted octanol–water partition coefficient (Wildman–Crippen LogP) is 2.38. The summed E-state index contributed by atoms with van der Waals surface area (Å²) in [4.78, 5) is 23.6. The van der Waals surface area contributed by atoms with Crippen molar-refractivity contribution < 1.29 is 30.0 Å². The molecule has 0 aliphatic heterocycles. The molecule has 0 bridgehead atoms. The number of aromatic hydroxyl groups is 3. The molecule has 6 nitrogen and oxygen atoms in total. The van der Waals surface area contributed by atoms with Crippen molar-refractivity contribution in [1.29, 1.82) is 0 Å². The highest BCUT2D eigenvalue weighted by Crippen LogP contribution is 2.47. The summed E-state index contributed by atoms with van der Waals surface area (Å²) in [6.07, 6.45) is 1.49. The Hall–Kier alpha value is -3.90. The van der Waals surface area contributed by atoms with Crippen LogP contribution in [0.25, 0.3) is 22.4 Å². The van der Waals surface area contributed by atoms with Crippen LogP contribution in [0.1, 0.15) is 22.6 Å². The Balaban J connectivity index is 1.66. The van der Waals surface area contributed by atoms with E-state index < -0.39 is 17.8 Å². The molecule has 0 heterocycles. The van der Waals surface area contributed by atoms with Gasteiger partial charge in [0.15, 0.2) is 5.78 Å². The maximum absolute atomic E-state index is 13.2. The first-order valence-electron chi connectivity index (χ1n) is 9.33. The third-order valence-electron chi connectivity index (χ3n) is 5.72. The number of benzene rings is 3. The van der Waals surface area contributed by atoms with E-state index in [4.69, 9.17) is 0 Å². The lowest BCUT2D eigenvalue weighted by atomic mass is 9.66. The van der Waals surface area contributed by atoms with Gasteiger partial charge in [-0.3, -0.25) is 9.59 Å². The van der Waals surface area contributed by atoms with Gasteiger partial charge in [0.05, 0.1) is 5.57 Å². The summed E-state index contributed by atoms with van der Waals surface area (Å²) in [5.41, 5.74) is 1.40. The Kier molecular flexibility index (Phi) is 3.81. The maximum Gasteiger partial charge on any atom is 0.348 e. The molecule has 6 heteroatoms. The second kappa shape index (κ2) is 6.30. The first-order chi connectivity index (χ1) is 14.4. The highest BCUT2D eigenvalue weighted by molar-refractivity contribution is 6.36. The van der Waals surface area contributed by atoms with Crippen LogP contribution in [0.2, 0.25) is 0 Å². The lowest BCUT2D eigenvalue weighted by Gasteiger charge is -2.45. The van der Waals surface area contributed by atoms with Crippen molar-refractivity contribution in [2.45, 2.75) is 12.0 Å². The van der Waals surface area contributed by atoms with Crippen molar-refractivity contribution in [1.82, 2.24) is 0 Å². The molecule has 0 saturated heterocycles. The molecule has 2 aliphatic carbocycles. The zero-order chi connectivity index (χ0) is 21.2. The molecule has 0 radical (unpaired) electrons. The zero-order valence-electron chi connectivity index (χ0n) is 15.5. The van der Waals surface area contributed by atoms with Gasteiger partial charge < -0.3 is 20.4 Å². The van der Waals surface area contributed by atoms with Crippen molar-refractivity contribution in [3.05, 3.63) is 76.9 Å². The molecule has 3 aromatic rings. The summed E-state index contributed by atoms with van der Waals surface area (Å²) in [6, 6.07) is 12.0. The van der Waals surface area contributed by atoms with Gasteiger partial charge in [0, 0.05) is 23.1 Å². The minimum atomic E-state index is -1.49. The summed E-state index contributed by atoms with van der Waals surface area (Å²) in [6.45, 7) is 0. The number of allylic oxidation sites excluding steroid dienone is 2. The molecule has 2 atom stereocenters. The van der Waals surface area contributed by atoms with Gasteiger partial charge in [-0.25, -0.2) is 0 Å². The standard InChI is InChI=1S/C24H15O6/c25-13-3-5-15-11(9-13)1-7-17(27)19(15)21-23(29)22(24(21)30)20-16-6-4-14(26)10-12(16)2-8-18(20)28/h1-10,21,23,25-27H/q-1/p+1. The second-order valence-electron chi connectivity index (χ2n) is 7.45. The van der Waals surface area contributed by atoms with Crippen molar-refractivity contribution in [2.75, 3.05) is 0 Å². The number of ketones is 2. The quantitative estimate of drug-likeness (QED) is 0.428. The van der Waals surface area contributed by atoms with E-state index in [1.165, 1.54) is 36.4 Å². The molecule has 30 heavy (non-hydrogen) atoms. The van der Waals surface area contributed by atoms with Gasteiger partial charge in [-0.15, -0.1) is 0 Å². The van der Waals surface area contributed by atoms with E-state index in [1.807, 2.05) is 0 Å². The Morgan fingerprint density at radius 3 is 2.40 bits per heavy atom. The first kappa shape index (κ1) is 18.1. The Labute approximate surface area is 170 Å². The van der Waals surface area contributed by atoms with Crippen molar-refractivity contribution in [3.8, 4) is 17.2 Å². The summed E-state index contributed by atoms with van der Waals surface area (Å²) < 4.78 is 0. The smallest absolute Gasteiger partial charge is 0.348 e. The molecule has 0 aromatic heterocycles. The zero-order valence-corrected chi connectivity index (χ0v) is 15.5. The number of hydrogen-bond donors (Lipinski definition) is 3. The number of phenols is 3. The van der Waals surface area contributed by atoms with Crippen LogP contribution in [0.15, 0.2) is 60.2 Å². The molecule has 5 rings (SSSR count). The molecular weight excluding hydrogens is 384 g/mol. The SMILES string of the molecule is O=C1C(=C2C(=[OH+])C=Cc3cc(O)ccc32)C([O-])C1c1c(O)ccc2cc(O)ccc12. The average molecular weight is 400 g/mol. The van der Waals surface area contributed by atoms with Crippen LogP contribution < -0.4 is 5.11 Å². The van der Waals surface area contributed by atoms with Gasteiger partial charge in [-0.2, -0.15) is 0 Å². The molecule has 1 fully saturated rings. The predicted molar refractivity (Wildman–Crippen MR) is 110 cm³/mol. The Bertz CT molecular complexity index is 1330. The minimum Gasteiger partial charge on any atom is -0.848 e. The molecule has 1 saturated carbocycles. The summed E-state index contributed by atoms with van der Waals surface area (Å²) in [5, 5.41) is 44.1. The van der Waals surface area contributed by atoms with Crippen molar-refractivity contribution in [3.63, 3.8) is 0 Å². The van der Waals surface area contributed by atoms with Crippen LogP contribution in [0.4, 0.5) is 0 Å². The number of carbonyl (C=O) groups is 1. The highest BCUT2D eigenvalue weighted by atomic mass is 16.3. The van der Waals surface area contributed by atoms with E-state index in [1.54, 1.807) is 24.3 Å². The van der Waals surface area contributed by atoms with Crippen LogP contribution in [-0.4, -0.2) is 37.8 Å². The minimum absolute atomic E-state index is 0.0320. The van der Waals surface area contributed by atoms with Gasteiger partial charge in [-0.05, 0) is 64.4 Å². The maximum atomic E-state index is 13.2. The normalized spacial score (nSPS) is 22.8. The van der Waals surface area contributed by atoms with Crippen LogP contribution in [-0.2, 0) is 4.79 Å². The molecular formula is C24H16O6. The molecule has 2 unspecified atom stereocenters. The average Bonchev–Trinajstić information content (AvgIpc) is 2.72. The largest absolute Gasteiger partial charge is 0.848 e. The van der Waals surface area contributed by atoms with Gasteiger partial charge >= 0.3 is 5.78 Å².